The first-order chi connectivity index (χ1) is 12.7. The predicted molar refractivity (Wildman–Crippen MR) is 106 cm³/mol. The second-order valence-corrected chi connectivity index (χ2v) is 7.34. The Balaban J connectivity index is 1.61. The summed E-state index contributed by atoms with van der Waals surface area (Å²) < 4.78 is 0. The molecule has 1 fully saturated rings. The molecule has 2 N–H and O–H groups in total. The molecule has 6 heteroatoms. The van der Waals surface area contributed by atoms with E-state index in [0.29, 0.717) is 12.0 Å². The van der Waals surface area contributed by atoms with Crippen LogP contribution in [0.4, 0.5) is 5.82 Å². The van der Waals surface area contributed by atoms with E-state index in [0.717, 1.165) is 47.8 Å². The van der Waals surface area contributed by atoms with Crippen LogP contribution in [-0.2, 0) is 0 Å². The van der Waals surface area contributed by atoms with Gasteiger partial charge in [0, 0.05) is 50.3 Å². The fourth-order valence-corrected chi connectivity index (χ4v) is 3.55. The predicted octanol–water partition coefficient (Wildman–Crippen LogP) is 2.67. The Morgan fingerprint density at radius 2 is 2.15 bits per heavy atom. The topological polar surface area (TPSA) is 66.0 Å². The lowest BCUT2D eigenvalue weighted by Gasteiger charge is -2.28. The molecule has 2 unspecified atom stereocenters. The number of aromatic nitrogens is 3. The highest BCUT2D eigenvalue weighted by Gasteiger charge is 2.18. The third-order valence-corrected chi connectivity index (χ3v) is 5.12. The first kappa shape index (κ1) is 17.0. The van der Waals surface area contributed by atoms with Gasteiger partial charge in [-0.05, 0) is 38.3 Å². The van der Waals surface area contributed by atoms with E-state index in [1.54, 1.807) is 12.4 Å². The number of piperidine rings is 1. The van der Waals surface area contributed by atoms with E-state index in [9.17, 15) is 0 Å². The number of rotatable bonds is 4. The van der Waals surface area contributed by atoms with Crippen molar-refractivity contribution in [3.05, 3.63) is 42.5 Å². The Morgan fingerprint density at radius 1 is 1.27 bits per heavy atom. The number of anilines is 1. The Morgan fingerprint density at radius 3 is 2.96 bits per heavy atom. The van der Waals surface area contributed by atoms with Crippen molar-refractivity contribution in [2.75, 3.05) is 32.0 Å². The van der Waals surface area contributed by atoms with Gasteiger partial charge < -0.3 is 15.5 Å². The number of allylic oxidation sites excluding steroid dienone is 2. The molecule has 1 saturated heterocycles. The fraction of sp³-hybridized carbons (Fsp3) is 0.450. The van der Waals surface area contributed by atoms with Crippen LogP contribution in [0.3, 0.4) is 0 Å². The molecular weight excluding hydrogens is 324 g/mol. The van der Waals surface area contributed by atoms with Gasteiger partial charge in [-0.25, -0.2) is 9.97 Å². The van der Waals surface area contributed by atoms with Crippen LogP contribution in [0.1, 0.15) is 25.5 Å². The van der Waals surface area contributed by atoms with E-state index in [-0.39, 0.29) is 0 Å². The first-order valence-electron chi connectivity index (χ1n) is 9.37. The molecule has 6 nitrogen and oxygen atoms in total. The minimum Gasteiger partial charge on any atom is -0.376 e. The second kappa shape index (κ2) is 7.41. The zero-order valence-corrected chi connectivity index (χ0v) is 15.4. The molecule has 2 atom stereocenters. The lowest BCUT2D eigenvalue weighted by atomic mass is 9.95. The summed E-state index contributed by atoms with van der Waals surface area (Å²) in [6.07, 6.45) is 12.3. The van der Waals surface area contributed by atoms with Crippen LogP contribution in [0.5, 0.6) is 0 Å². The van der Waals surface area contributed by atoms with Gasteiger partial charge in [-0.15, -0.1) is 0 Å². The Bertz CT molecular complexity index is 835. The van der Waals surface area contributed by atoms with Crippen molar-refractivity contribution in [2.45, 2.75) is 25.8 Å². The zero-order valence-electron chi connectivity index (χ0n) is 15.4. The minimum absolute atomic E-state index is 0.614. The molecule has 0 amide bonds. The summed E-state index contributed by atoms with van der Waals surface area (Å²) in [5.74, 6) is 1.44. The summed E-state index contributed by atoms with van der Waals surface area (Å²) in [6.45, 7) is 5.13. The van der Waals surface area contributed by atoms with Gasteiger partial charge in [-0.1, -0.05) is 12.2 Å². The van der Waals surface area contributed by atoms with Gasteiger partial charge >= 0.3 is 0 Å². The van der Waals surface area contributed by atoms with Crippen LogP contribution in [0, 0.1) is 5.92 Å². The van der Waals surface area contributed by atoms with Crippen LogP contribution < -0.4 is 10.6 Å². The lowest BCUT2D eigenvalue weighted by Crippen LogP contribution is -2.39. The van der Waals surface area contributed by atoms with Crippen molar-refractivity contribution >= 4 is 22.4 Å². The quantitative estimate of drug-likeness (QED) is 0.884. The number of hydrogen-bond donors (Lipinski definition) is 2. The molecule has 4 rings (SSSR count). The standard InChI is InChI=1S/C20H26N6/c1-14-5-6-15(11-23-14)12-24-20-19-18(21-7-8-22-19)10-17(25-20)16-4-3-9-26(2)13-16/h3-4,7-8,10,13-15,23H,5-6,9,11-12H2,1-2H3,(H,24,25). The molecule has 0 aromatic carbocycles. The molecule has 2 aromatic rings. The van der Waals surface area contributed by atoms with Gasteiger partial charge in [0.15, 0.2) is 5.82 Å². The highest BCUT2D eigenvalue weighted by molar-refractivity contribution is 5.89. The smallest absolute Gasteiger partial charge is 0.154 e. The SMILES string of the molecule is CC1CCC(CNc2nc(C3=CN(C)CC=C3)cc3nccnc23)CN1. The number of hydrogen-bond acceptors (Lipinski definition) is 6. The zero-order chi connectivity index (χ0) is 17.9. The minimum atomic E-state index is 0.614. The van der Waals surface area contributed by atoms with Crippen molar-refractivity contribution in [1.29, 1.82) is 0 Å². The van der Waals surface area contributed by atoms with Gasteiger partial charge in [0.1, 0.15) is 5.52 Å². The largest absolute Gasteiger partial charge is 0.376 e. The van der Waals surface area contributed by atoms with Crippen LogP contribution in [-0.4, -0.2) is 52.6 Å². The summed E-state index contributed by atoms with van der Waals surface area (Å²) in [5, 5.41) is 7.11. The van der Waals surface area contributed by atoms with Gasteiger partial charge in [0.2, 0.25) is 0 Å². The average molecular weight is 350 g/mol. The number of likely N-dealkylation sites (N-methyl/N-ethyl adjacent to an activating group) is 1. The van der Waals surface area contributed by atoms with Crippen molar-refractivity contribution in [3.8, 4) is 0 Å². The van der Waals surface area contributed by atoms with Gasteiger partial charge in [-0.2, -0.15) is 0 Å². The molecule has 2 aliphatic heterocycles. The highest BCUT2D eigenvalue weighted by Crippen LogP contribution is 2.25. The molecule has 0 saturated carbocycles. The summed E-state index contributed by atoms with van der Waals surface area (Å²) in [4.78, 5) is 16.0. The summed E-state index contributed by atoms with van der Waals surface area (Å²) in [5.41, 5.74) is 3.74. The normalized spacial score (nSPS) is 23.2. The van der Waals surface area contributed by atoms with Crippen molar-refractivity contribution in [1.82, 2.24) is 25.2 Å². The molecule has 0 aliphatic carbocycles. The van der Waals surface area contributed by atoms with Crippen LogP contribution in [0.2, 0.25) is 0 Å². The third-order valence-electron chi connectivity index (χ3n) is 5.12. The monoisotopic (exact) mass is 350 g/mol. The summed E-state index contributed by atoms with van der Waals surface area (Å²) in [7, 11) is 2.07. The van der Waals surface area contributed by atoms with E-state index in [1.807, 2.05) is 6.07 Å². The average Bonchev–Trinajstić information content (AvgIpc) is 2.67. The molecule has 2 aliphatic rings. The van der Waals surface area contributed by atoms with Crippen molar-refractivity contribution in [3.63, 3.8) is 0 Å². The van der Waals surface area contributed by atoms with Gasteiger partial charge in [0.05, 0.1) is 11.2 Å². The Hall–Kier alpha value is -2.47. The van der Waals surface area contributed by atoms with E-state index in [2.05, 4.69) is 57.8 Å². The third kappa shape index (κ3) is 3.70. The Kier molecular flexibility index (Phi) is 4.84. The number of nitrogens with zero attached hydrogens (tertiary/aromatic N) is 4. The molecule has 0 bridgehead atoms. The molecule has 0 spiro atoms. The van der Waals surface area contributed by atoms with Gasteiger partial charge in [-0.3, -0.25) is 4.98 Å². The van der Waals surface area contributed by atoms with E-state index >= 15 is 0 Å². The maximum atomic E-state index is 4.88. The van der Waals surface area contributed by atoms with E-state index in [4.69, 9.17) is 4.98 Å². The second-order valence-electron chi connectivity index (χ2n) is 7.34. The summed E-state index contributed by atoms with van der Waals surface area (Å²) >= 11 is 0. The summed E-state index contributed by atoms with van der Waals surface area (Å²) in [6, 6.07) is 2.65. The number of nitrogens with one attached hydrogen (secondary N) is 2. The Labute approximate surface area is 154 Å². The molecular formula is C20H26N6. The van der Waals surface area contributed by atoms with Crippen LogP contribution in [0.25, 0.3) is 16.6 Å². The molecule has 4 heterocycles. The van der Waals surface area contributed by atoms with Crippen molar-refractivity contribution in [2.24, 2.45) is 5.92 Å². The highest BCUT2D eigenvalue weighted by atomic mass is 15.1. The van der Waals surface area contributed by atoms with E-state index in [1.165, 1.54) is 12.8 Å². The number of fused-ring (bicyclic) bond motifs is 1. The first-order valence-corrected chi connectivity index (χ1v) is 9.37. The molecule has 0 radical (unpaired) electrons. The lowest BCUT2D eigenvalue weighted by molar-refractivity contribution is 0.334. The van der Waals surface area contributed by atoms with E-state index < -0.39 is 0 Å². The van der Waals surface area contributed by atoms with Crippen molar-refractivity contribution < 1.29 is 0 Å². The fourth-order valence-electron chi connectivity index (χ4n) is 3.55. The van der Waals surface area contributed by atoms with Crippen LogP contribution in [0.15, 0.2) is 36.8 Å². The van der Waals surface area contributed by atoms with Crippen LogP contribution >= 0.6 is 0 Å². The number of pyridine rings is 1. The molecule has 26 heavy (non-hydrogen) atoms. The maximum absolute atomic E-state index is 4.88. The maximum Gasteiger partial charge on any atom is 0.154 e. The molecule has 2 aromatic heterocycles. The van der Waals surface area contributed by atoms with Gasteiger partial charge in [0.25, 0.3) is 0 Å². The molecule has 136 valence electrons.